The highest BCUT2D eigenvalue weighted by Gasteiger charge is 1.93. The van der Waals surface area contributed by atoms with Crippen molar-refractivity contribution in [3.63, 3.8) is 0 Å². The predicted octanol–water partition coefficient (Wildman–Crippen LogP) is 4.94. The first kappa shape index (κ1) is 14.4. The molecule has 1 aromatic rings. The van der Waals surface area contributed by atoms with Gasteiger partial charge in [0.1, 0.15) is 0 Å². The Bertz CT molecular complexity index is 328. The van der Waals surface area contributed by atoms with E-state index in [0.717, 1.165) is 6.42 Å². The average Bonchev–Trinajstić information content (AvgIpc) is 2.34. The van der Waals surface area contributed by atoms with Gasteiger partial charge in [0.2, 0.25) is 0 Å². The van der Waals surface area contributed by atoms with E-state index in [9.17, 15) is 0 Å². The minimum atomic E-state index is 0.969. The summed E-state index contributed by atoms with van der Waals surface area (Å²) in [6.07, 6.45) is 9.02. The topological polar surface area (TPSA) is 0 Å². The molecule has 0 spiro atoms. The zero-order valence-electron chi connectivity index (χ0n) is 10.6. The molecular formula is C16H22. The van der Waals surface area contributed by atoms with Crippen LogP contribution < -0.4 is 0 Å². The number of allylic oxidation sites excluding steroid dienone is 5. The van der Waals surface area contributed by atoms with E-state index in [1.807, 2.05) is 39.0 Å². The molecular weight excluding hydrogens is 192 g/mol. The van der Waals surface area contributed by atoms with Crippen LogP contribution in [0.25, 0.3) is 0 Å². The molecule has 1 rings (SSSR count). The van der Waals surface area contributed by atoms with E-state index in [1.165, 1.54) is 11.1 Å². The second kappa shape index (κ2) is 9.97. The van der Waals surface area contributed by atoms with Crippen molar-refractivity contribution >= 4 is 0 Å². The van der Waals surface area contributed by atoms with Crippen LogP contribution >= 0.6 is 0 Å². The van der Waals surface area contributed by atoms with Gasteiger partial charge in [-0.3, -0.25) is 0 Å². The molecule has 16 heavy (non-hydrogen) atoms. The van der Waals surface area contributed by atoms with Crippen LogP contribution in [0.3, 0.4) is 0 Å². The number of hydrogen-bond acceptors (Lipinski definition) is 0. The second-order valence-electron chi connectivity index (χ2n) is 3.14. The molecule has 0 fully saturated rings. The summed E-state index contributed by atoms with van der Waals surface area (Å²) >= 11 is 0. The molecule has 0 nitrogen and oxygen atoms in total. The largest absolute Gasteiger partial charge is 0.0991 e. The summed E-state index contributed by atoms with van der Waals surface area (Å²) in [6.45, 7) is 9.74. The maximum Gasteiger partial charge on any atom is -0.00259 e. The van der Waals surface area contributed by atoms with E-state index < -0.39 is 0 Å². The van der Waals surface area contributed by atoms with Crippen LogP contribution in [0.2, 0.25) is 0 Å². The summed E-state index contributed by atoms with van der Waals surface area (Å²) in [6, 6.07) is 10.4. The minimum absolute atomic E-state index is 0.969. The molecule has 86 valence electrons. The van der Waals surface area contributed by atoms with Gasteiger partial charge in [-0.1, -0.05) is 75.1 Å². The van der Waals surface area contributed by atoms with Gasteiger partial charge in [0.15, 0.2) is 0 Å². The van der Waals surface area contributed by atoms with Crippen LogP contribution in [0.15, 0.2) is 66.8 Å². The molecule has 0 aromatic heterocycles. The maximum atomic E-state index is 3.71. The molecule has 0 heteroatoms. The van der Waals surface area contributed by atoms with Crippen molar-refractivity contribution < 1.29 is 0 Å². The van der Waals surface area contributed by atoms with Gasteiger partial charge < -0.3 is 0 Å². The first-order valence-corrected chi connectivity index (χ1v) is 5.85. The van der Waals surface area contributed by atoms with Crippen molar-refractivity contribution in [1.82, 2.24) is 0 Å². The summed E-state index contributed by atoms with van der Waals surface area (Å²) in [7, 11) is 0. The van der Waals surface area contributed by atoms with E-state index in [2.05, 4.69) is 43.0 Å². The Hall–Kier alpha value is -1.56. The zero-order valence-corrected chi connectivity index (χ0v) is 10.6. The maximum absolute atomic E-state index is 3.71. The molecule has 0 amide bonds. The van der Waals surface area contributed by atoms with Crippen LogP contribution in [-0.2, 0) is 6.42 Å². The Kier molecular flexibility index (Phi) is 9.00. The lowest BCUT2D eigenvalue weighted by molar-refractivity contribution is 1.19. The van der Waals surface area contributed by atoms with E-state index in [4.69, 9.17) is 0 Å². The molecule has 0 bridgehead atoms. The fourth-order valence-corrected chi connectivity index (χ4v) is 1.37. The predicted molar refractivity (Wildman–Crippen MR) is 74.6 cm³/mol. The highest BCUT2D eigenvalue weighted by Crippen LogP contribution is 2.09. The third kappa shape index (κ3) is 6.02. The summed E-state index contributed by atoms with van der Waals surface area (Å²) in [4.78, 5) is 0. The first-order chi connectivity index (χ1) is 7.86. The van der Waals surface area contributed by atoms with E-state index in [1.54, 1.807) is 0 Å². The molecule has 0 N–H and O–H groups in total. The quantitative estimate of drug-likeness (QED) is 0.622. The number of rotatable bonds is 4. The van der Waals surface area contributed by atoms with E-state index in [-0.39, 0.29) is 0 Å². The normalized spacial score (nSPS) is 10.8. The Morgan fingerprint density at radius 3 is 2.31 bits per heavy atom. The van der Waals surface area contributed by atoms with Crippen LogP contribution in [0.4, 0.5) is 0 Å². The molecule has 0 radical (unpaired) electrons. The highest BCUT2D eigenvalue weighted by atomic mass is 14.0. The first-order valence-electron chi connectivity index (χ1n) is 5.85. The molecule has 0 saturated carbocycles. The second-order valence-corrected chi connectivity index (χ2v) is 3.14. The molecule has 0 heterocycles. The van der Waals surface area contributed by atoms with E-state index >= 15 is 0 Å². The Balaban J connectivity index is 0.00000106. The lowest BCUT2D eigenvalue weighted by Gasteiger charge is -2.01. The summed E-state index contributed by atoms with van der Waals surface area (Å²) in [5, 5.41) is 0. The van der Waals surface area contributed by atoms with Gasteiger partial charge in [-0.15, -0.1) is 0 Å². The highest BCUT2D eigenvalue weighted by molar-refractivity contribution is 5.30. The summed E-state index contributed by atoms with van der Waals surface area (Å²) in [5.74, 6) is 0. The monoisotopic (exact) mass is 214 g/mol. The van der Waals surface area contributed by atoms with Crippen LogP contribution in [0.1, 0.15) is 26.3 Å². The molecule has 0 unspecified atom stereocenters. The van der Waals surface area contributed by atoms with Crippen molar-refractivity contribution in [2.75, 3.05) is 0 Å². The molecule has 0 atom stereocenters. The van der Waals surface area contributed by atoms with E-state index in [0.29, 0.717) is 0 Å². The van der Waals surface area contributed by atoms with Gasteiger partial charge in [0.05, 0.1) is 0 Å². The molecule has 0 aliphatic heterocycles. The van der Waals surface area contributed by atoms with Crippen LogP contribution in [-0.4, -0.2) is 0 Å². The van der Waals surface area contributed by atoms with Gasteiger partial charge >= 0.3 is 0 Å². The minimum Gasteiger partial charge on any atom is -0.0991 e. The Labute approximate surface area is 100 Å². The lowest BCUT2D eigenvalue weighted by Crippen LogP contribution is -1.86. The number of hydrogen-bond donors (Lipinski definition) is 0. The van der Waals surface area contributed by atoms with Gasteiger partial charge in [-0.25, -0.2) is 0 Å². The average molecular weight is 214 g/mol. The Morgan fingerprint density at radius 2 is 1.81 bits per heavy atom. The third-order valence-electron chi connectivity index (χ3n) is 1.96. The van der Waals surface area contributed by atoms with Crippen molar-refractivity contribution in [2.24, 2.45) is 0 Å². The van der Waals surface area contributed by atoms with Gasteiger partial charge in [0, 0.05) is 0 Å². The zero-order chi connectivity index (χ0) is 12.2. The lowest BCUT2D eigenvalue weighted by atomic mass is 10.0. The fraction of sp³-hybridized carbons (Fsp3) is 0.250. The number of benzene rings is 1. The van der Waals surface area contributed by atoms with Crippen molar-refractivity contribution in [3.05, 3.63) is 72.4 Å². The van der Waals surface area contributed by atoms with Crippen molar-refractivity contribution in [3.8, 4) is 0 Å². The fourth-order valence-electron chi connectivity index (χ4n) is 1.37. The van der Waals surface area contributed by atoms with Crippen LogP contribution in [0.5, 0.6) is 0 Å². The standard InChI is InChI=1S/C14H16.C2H6/c1-3-8-13(9-4-2)12-14-10-6-5-7-11-14;1-2/h3-11H,1,12H2,2H3;1-2H3/b9-4-,13-8+;. The smallest absolute Gasteiger partial charge is 0.00259 e. The van der Waals surface area contributed by atoms with Gasteiger partial charge in [0.25, 0.3) is 0 Å². The SMILES string of the molecule is C=C/C=C(\C=C/C)Cc1ccccc1.CC. The van der Waals surface area contributed by atoms with Crippen LogP contribution in [0, 0.1) is 0 Å². The summed E-state index contributed by atoms with van der Waals surface area (Å²) in [5.41, 5.74) is 2.62. The molecule has 0 aliphatic rings. The van der Waals surface area contributed by atoms with Crippen molar-refractivity contribution in [1.29, 1.82) is 0 Å². The van der Waals surface area contributed by atoms with Gasteiger partial charge in [-0.05, 0) is 24.5 Å². The molecule has 0 saturated heterocycles. The van der Waals surface area contributed by atoms with Crippen molar-refractivity contribution in [2.45, 2.75) is 27.2 Å². The Morgan fingerprint density at radius 1 is 1.19 bits per heavy atom. The summed E-state index contributed by atoms with van der Waals surface area (Å²) < 4.78 is 0. The van der Waals surface area contributed by atoms with Gasteiger partial charge in [-0.2, -0.15) is 0 Å². The molecule has 0 aliphatic carbocycles. The molecule has 1 aromatic carbocycles. The third-order valence-corrected chi connectivity index (χ3v) is 1.96.